The van der Waals surface area contributed by atoms with Gasteiger partial charge in [0.15, 0.2) is 0 Å². The molecule has 0 saturated carbocycles. The molecule has 0 bridgehead atoms. The van der Waals surface area contributed by atoms with Crippen LogP contribution in [-0.4, -0.2) is 16.1 Å². The number of aromatic nitrogens is 1. The fourth-order valence-corrected chi connectivity index (χ4v) is 1.50. The van der Waals surface area contributed by atoms with Crippen LogP contribution in [0.5, 0.6) is 0 Å². The van der Waals surface area contributed by atoms with E-state index in [0.717, 1.165) is 6.07 Å². The van der Waals surface area contributed by atoms with E-state index in [1.54, 1.807) is 0 Å². The molecule has 1 aromatic rings. The fourth-order valence-electron chi connectivity index (χ4n) is 0.921. The Morgan fingerprint density at radius 2 is 2.14 bits per heavy atom. The first-order chi connectivity index (χ1) is 6.43. The molecule has 1 heterocycles. The molecule has 0 saturated heterocycles. The number of hydrogen-bond donors (Lipinski definition) is 2. The van der Waals surface area contributed by atoms with Crippen molar-refractivity contribution in [2.24, 2.45) is 0 Å². The van der Waals surface area contributed by atoms with Gasteiger partial charge in [0.05, 0.1) is 5.56 Å². The summed E-state index contributed by atoms with van der Waals surface area (Å²) in [5, 5.41) is 8.54. The normalized spacial score (nSPS) is 10.6. The maximum atomic E-state index is 12.4. The van der Waals surface area contributed by atoms with Gasteiger partial charge in [0.25, 0.3) is 6.43 Å². The number of aromatic amines is 1. The molecule has 0 atom stereocenters. The summed E-state index contributed by atoms with van der Waals surface area (Å²) in [5.41, 5.74) is -2.27. The molecule has 0 amide bonds. The largest absolute Gasteiger partial charge is 0.477 e. The van der Waals surface area contributed by atoms with Gasteiger partial charge < -0.3 is 10.1 Å². The van der Waals surface area contributed by atoms with Crippen molar-refractivity contribution in [1.82, 2.24) is 4.98 Å². The number of halogens is 3. The summed E-state index contributed by atoms with van der Waals surface area (Å²) in [5.74, 6) is -1.60. The smallest absolute Gasteiger partial charge is 0.352 e. The Morgan fingerprint density at radius 3 is 2.57 bits per heavy atom. The lowest BCUT2D eigenvalue weighted by Crippen LogP contribution is -2.16. The van der Waals surface area contributed by atoms with Gasteiger partial charge in [-0.2, -0.15) is 0 Å². The second-order valence-corrected chi connectivity index (χ2v) is 3.23. The SMILES string of the molecule is O=C(O)c1[nH]c(=O)cc(Br)c1C(F)F. The Morgan fingerprint density at radius 1 is 1.57 bits per heavy atom. The number of alkyl halides is 2. The molecule has 0 aromatic carbocycles. The summed E-state index contributed by atoms with van der Waals surface area (Å²) < 4.78 is 24.5. The number of pyridine rings is 1. The molecule has 76 valence electrons. The minimum Gasteiger partial charge on any atom is -0.477 e. The van der Waals surface area contributed by atoms with Gasteiger partial charge in [-0.05, 0) is 0 Å². The van der Waals surface area contributed by atoms with Gasteiger partial charge in [0.2, 0.25) is 5.56 Å². The molecule has 0 radical (unpaired) electrons. The van der Waals surface area contributed by atoms with Crippen LogP contribution in [0.2, 0.25) is 0 Å². The van der Waals surface area contributed by atoms with Crippen LogP contribution in [0.25, 0.3) is 0 Å². The molecule has 0 unspecified atom stereocenters. The molecule has 1 aromatic heterocycles. The Balaban J connectivity index is 3.52. The first kappa shape index (κ1) is 10.8. The second kappa shape index (κ2) is 3.87. The van der Waals surface area contributed by atoms with E-state index in [1.807, 2.05) is 4.98 Å². The first-order valence-corrected chi connectivity index (χ1v) is 4.17. The number of carboxylic acids is 1. The lowest BCUT2D eigenvalue weighted by molar-refractivity contribution is 0.0676. The Labute approximate surface area is 84.7 Å². The Bertz CT molecular complexity index is 429. The van der Waals surface area contributed by atoms with Crippen LogP contribution in [-0.2, 0) is 0 Å². The van der Waals surface area contributed by atoms with E-state index in [9.17, 15) is 18.4 Å². The molecule has 2 N–H and O–H groups in total. The number of nitrogens with one attached hydrogen (secondary N) is 1. The van der Waals surface area contributed by atoms with Gasteiger partial charge in [0.1, 0.15) is 5.69 Å². The first-order valence-electron chi connectivity index (χ1n) is 3.37. The molecule has 0 aliphatic heterocycles. The average molecular weight is 268 g/mol. The quantitative estimate of drug-likeness (QED) is 0.858. The number of H-pyrrole nitrogens is 1. The molecule has 4 nitrogen and oxygen atoms in total. The van der Waals surface area contributed by atoms with Crippen LogP contribution in [0.15, 0.2) is 15.3 Å². The van der Waals surface area contributed by atoms with Crippen LogP contribution >= 0.6 is 15.9 Å². The second-order valence-electron chi connectivity index (χ2n) is 2.38. The van der Waals surface area contributed by atoms with Crippen molar-refractivity contribution < 1.29 is 18.7 Å². The van der Waals surface area contributed by atoms with E-state index in [2.05, 4.69) is 15.9 Å². The van der Waals surface area contributed by atoms with Gasteiger partial charge >= 0.3 is 5.97 Å². The summed E-state index contributed by atoms with van der Waals surface area (Å²) in [6, 6.07) is 0.855. The number of rotatable bonds is 2. The molecule has 7 heteroatoms. The van der Waals surface area contributed by atoms with Crippen LogP contribution in [0.3, 0.4) is 0 Å². The molecular formula is C7H4BrF2NO3. The lowest BCUT2D eigenvalue weighted by atomic mass is 10.2. The zero-order valence-electron chi connectivity index (χ0n) is 6.55. The Hall–Kier alpha value is -1.24. The van der Waals surface area contributed by atoms with Gasteiger partial charge in [-0.15, -0.1) is 0 Å². The summed E-state index contributed by atoms with van der Waals surface area (Å²) in [6.45, 7) is 0. The maximum Gasteiger partial charge on any atom is 0.352 e. The van der Waals surface area contributed by atoms with E-state index >= 15 is 0 Å². The van der Waals surface area contributed by atoms with Crippen molar-refractivity contribution in [3.05, 3.63) is 32.2 Å². The van der Waals surface area contributed by atoms with Crippen molar-refractivity contribution in [3.63, 3.8) is 0 Å². The van der Waals surface area contributed by atoms with Gasteiger partial charge in [-0.3, -0.25) is 4.79 Å². The van der Waals surface area contributed by atoms with Crippen LogP contribution in [0.4, 0.5) is 8.78 Å². The van der Waals surface area contributed by atoms with E-state index in [1.165, 1.54) is 0 Å². The van der Waals surface area contributed by atoms with E-state index < -0.39 is 29.2 Å². The summed E-state index contributed by atoms with van der Waals surface area (Å²) in [7, 11) is 0. The van der Waals surface area contributed by atoms with Crippen molar-refractivity contribution in [2.45, 2.75) is 6.43 Å². The number of aromatic carboxylic acids is 1. The van der Waals surface area contributed by atoms with Crippen LogP contribution in [0, 0.1) is 0 Å². The molecule has 0 fully saturated rings. The molecular weight excluding hydrogens is 264 g/mol. The highest BCUT2D eigenvalue weighted by Gasteiger charge is 2.22. The van der Waals surface area contributed by atoms with Crippen molar-refractivity contribution in [1.29, 1.82) is 0 Å². The Kier molecular flexibility index (Phi) is 3.00. The molecule has 14 heavy (non-hydrogen) atoms. The highest BCUT2D eigenvalue weighted by atomic mass is 79.9. The van der Waals surface area contributed by atoms with Crippen LogP contribution in [0.1, 0.15) is 22.5 Å². The number of hydrogen-bond acceptors (Lipinski definition) is 2. The third-order valence-corrected chi connectivity index (χ3v) is 2.12. The van der Waals surface area contributed by atoms with Gasteiger partial charge in [-0.1, -0.05) is 15.9 Å². The summed E-state index contributed by atoms with van der Waals surface area (Å²) >= 11 is 2.70. The predicted molar refractivity (Wildman–Crippen MR) is 46.7 cm³/mol. The third kappa shape index (κ3) is 1.98. The third-order valence-electron chi connectivity index (χ3n) is 1.46. The molecule has 0 spiro atoms. The maximum absolute atomic E-state index is 12.4. The molecule has 0 aliphatic carbocycles. The number of carbonyl (C=O) groups is 1. The lowest BCUT2D eigenvalue weighted by Gasteiger charge is -2.05. The molecule has 1 rings (SSSR count). The fraction of sp³-hybridized carbons (Fsp3) is 0.143. The monoisotopic (exact) mass is 267 g/mol. The minimum absolute atomic E-state index is 0.214. The topological polar surface area (TPSA) is 70.2 Å². The van der Waals surface area contributed by atoms with E-state index in [0.29, 0.717) is 0 Å². The van der Waals surface area contributed by atoms with Crippen molar-refractivity contribution in [3.8, 4) is 0 Å². The zero-order chi connectivity index (χ0) is 10.9. The summed E-state index contributed by atoms with van der Waals surface area (Å²) in [4.78, 5) is 23.1. The molecule has 0 aliphatic rings. The number of carboxylic acid groups (broad SMARTS) is 1. The standard InChI is InChI=1S/C7H4BrF2NO3/c8-2-1-3(12)11-5(7(13)14)4(2)6(9)10/h1,6H,(H,11,12)(H,13,14). The van der Waals surface area contributed by atoms with Crippen molar-refractivity contribution in [2.75, 3.05) is 0 Å². The highest BCUT2D eigenvalue weighted by Crippen LogP contribution is 2.28. The zero-order valence-corrected chi connectivity index (χ0v) is 8.14. The van der Waals surface area contributed by atoms with E-state index in [4.69, 9.17) is 5.11 Å². The van der Waals surface area contributed by atoms with Gasteiger partial charge in [0, 0.05) is 10.5 Å². The predicted octanol–water partition coefficient (Wildman–Crippen LogP) is 1.77. The summed E-state index contributed by atoms with van der Waals surface area (Å²) in [6.07, 6.45) is -2.97. The minimum atomic E-state index is -2.97. The van der Waals surface area contributed by atoms with E-state index in [-0.39, 0.29) is 4.47 Å². The highest BCUT2D eigenvalue weighted by molar-refractivity contribution is 9.10. The van der Waals surface area contributed by atoms with Crippen LogP contribution < -0.4 is 5.56 Å². The van der Waals surface area contributed by atoms with Gasteiger partial charge in [-0.25, -0.2) is 13.6 Å². The van der Waals surface area contributed by atoms with Crippen molar-refractivity contribution >= 4 is 21.9 Å². The average Bonchev–Trinajstić information content (AvgIpc) is 2.01.